The quantitative estimate of drug-likeness (QED) is 0.595. The molecule has 0 unspecified atom stereocenters. The molecule has 0 spiro atoms. The third-order valence-corrected chi connectivity index (χ3v) is 0. The van der Waals surface area contributed by atoms with Crippen molar-refractivity contribution in [1.29, 1.82) is 0 Å². The molecule has 0 rings (SSSR count). The summed E-state index contributed by atoms with van der Waals surface area (Å²) in [5.41, 5.74) is 0. The minimum atomic E-state index is -4.03. The molecule has 0 heterocycles. The van der Waals surface area contributed by atoms with Crippen molar-refractivity contribution in [2.45, 2.75) is 0 Å². The molecule has 0 aliphatic rings. The van der Waals surface area contributed by atoms with Gasteiger partial charge in [0, 0.05) is 0 Å². The summed E-state index contributed by atoms with van der Waals surface area (Å²) in [6.45, 7) is 0. The van der Waals surface area contributed by atoms with E-state index in [9.17, 15) is 0 Å². The molecule has 0 aliphatic carbocycles. The van der Waals surface area contributed by atoms with Crippen LogP contribution in [0.25, 0.3) is 0 Å². The summed E-state index contributed by atoms with van der Waals surface area (Å²) in [5.74, 6) is 0. The van der Waals surface area contributed by atoms with E-state index in [0.29, 0.717) is 0 Å². The summed E-state index contributed by atoms with van der Waals surface area (Å²) < 4.78 is 24.6. The van der Waals surface area contributed by atoms with Gasteiger partial charge in [-0.2, -0.15) is 0 Å². The van der Waals surface area contributed by atoms with Gasteiger partial charge in [-0.1, -0.05) is 0 Å². The van der Waals surface area contributed by atoms with E-state index < -0.39 is 17.6 Å². The fourth-order valence-corrected chi connectivity index (χ4v) is 0. The molecule has 0 saturated carbocycles. The Balaban J connectivity index is 3.51. The van der Waals surface area contributed by atoms with Crippen LogP contribution in [0.4, 0.5) is 0 Å². The summed E-state index contributed by atoms with van der Waals surface area (Å²) >= 11 is -4.03. The Bertz CT molecular complexity index is 51.7. The normalized spacial score (nSPS) is 6.25. The second-order valence-corrected chi connectivity index (χ2v) is 1.78. The van der Waals surface area contributed by atoms with Crippen LogP contribution in [0.2, 0.25) is 0 Å². The molecule has 0 aliphatic heterocycles. The van der Waals surface area contributed by atoms with Crippen LogP contribution in [0.5, 0.6) is 0 Å². The van der Waals surface area contributed by atoms with Gasteiger partial charge in [-0.3, -0.25) is 0 Å². The van der Waals surface area contributed by atoms with Gasteiger partial charge in [-0.25, -0.2) is 0 Å². The number of hydrogen-bond donors (Lipinski definition) is 1. The molecule has 25 valence electrons. The van der Waals surface area contributed by atoms with Crippen molar-refractivity contribution >= 4 is 0 Å². The first-order chi connectivity index (χ1) is 1.73. The van der Waals surface area contributed by atoms with Gasteiger partial charge < -0.3 is 0 Å². The Labute approximate surface area is 28.9 Å². The zero-order valence-corrected chi connectivity index (χ0v) is 4.61. The minimum absolute atomic E-state index is 4.03. The second-order valence-electron chi connectivity index (χ2n) is 0.217. The van der Waals surface area contributed by atoms with Gasteiger partial charge in [0.05, 0.1) is 0 Å². The third-order valence-electron chi connectivity index (χ3n) is 0. The van der Waals surface area contributed by atoms with Crippen molar-refractivity contribution < 1.29 is 28.2 Å². The van der Waals surface area contributed by atoms with Crippen LogP contribution in [0.1, 0.15) is 0 Å². The Morgan fingerprint density at radius 1 is 1.50 bits per heavy atom. The molecule has 0 aromatic carbocycles. The van der Waals surface area contributed by atoms with Crippen molar-refractivity contribution in [2.75, 3.05) is 0 Å². The van der Waals surface area contributed by atoms with Gasteiger partial charge in [0.25, 0.3) is 0 Å². The van der Waals surface area contributed by atoms with Crippen LogP contribution in [-0.2, 0) is 24.4 Å². The fraction of sp³-hybridized carbons (Fsp3) is 0. The van der Waals surface area contributed by atoms with Crippen LogP contribution in [0, 0.1) is 0 Å². The summed E-state index contributed by atoms with van der Waals surface area (Å²) in [6, 6.07) is 0. The fourth-order valence-electron chi connectivity index (χ4n) is 0. The molecule has 0 radical (unpaired) electrons. The SMILES string of the molecule is [O]=[W](=[O])[OH]. The Kier molecular flexibility index (Phi) is 1.65. The van der Waals surface area contributed by atoms with E-state index >= 15 is 0 Å². The maximum absolute atomic E-state index is 8.72. The van der Waals surface area contributed by atoms with Crippen molar-refractivity contribution in [3.05, 3.63) is 0 Å². The second kappa shape index (κ2) is 1.56. The molecule has 0 bridgehead atoms. The molecule has 0 atom stereocenters. The van der Waals surface area contributed by atoms with E-state index in [1.807, 2.05) is 0 Å². The molecule has 4 heavy (non-hydrogen) atoms. The van der Waals surface area contributed by atoms with E-state index in [2.05, 4.69) is 0 Å². The van der Waals surface area contributed by atoms with Crippen LogP contribution in [0.3, 0.4) is 0 Å². The number of rotatable bonds is 0. The molecule has 0 fully saturated rings. The molecule has 4 heteroatoms. The van der Waals surface area contributed by atoms with Gasteiger partial charge in [0.15, 0.2) is 0 Å². The van der Waals surface area contributed by atoms with E-state index in [1.54, 1.807) is 0 Å². The molecule has 1 N–H and O–H groups in total. The Morgan fingerprint density at radius 2 is 1.50 bits per heavy atom. The first-order valence-corrected chi connectivity index (χ1v) is 4.22. The average molecular weight is 233 g/mol. The van der Waals surface area contributed by atoms with Crippen LogP contribution < -0.4 is 0 Å². The zero-order valence-electron chi connectivity index (χ0n) is 1.67. The van der Waals surface area contributed by atoms with Crippen LogP contribution >= 0.6 is 0 Å². The third kappa shape index (κ3) is 56.8. The van der Waals surface area contributed by atoms with E-state index in [-0.39, 0.29) is 0 Å². The summed E-state index contributed by atoms with van der Waals surface area (Å²) in [6.07, 6.45) is 0. The number of hydrogen-bond acceptors (Lipinski definition) is 2. The van der Waals surface area contributed by atoms with Crippen LogP contribution in [0.15, 0.2) is 0 Å². The Hall–Kier alpha value is 0.248. The maximum atomic E-state index is 8.72. The van der Waals surface area contributed by atoms with Gasteiger partial charge in [-0.05, 0) is 0 Å². The van der Waals surface area contributed by atoms with Crippen molar-refractivity contribution in [1.82, 2.24) is 0 Å². The predicted octanol–water partition coefficient (Wildman–Crippen LogP) is -0.797. The Morgan fingerprint density at radius 3 is 1.50 bits per heavy atom. The van der Waals surface area contributed by atoms with Crippen molar-refractivity contribution in [3.8, 4) is 0 Å². The van der Waals surface area contributed by atoms with Gasteiger partial charge >= 0.3 is 28.2 Å². The molecular formula is HO3W. The molecule has 3 nitrogen and oxygen atoms in total. The van der Waals surface area contributed by atoms with Crippen LogP contribution in [-0.4, -0.2) is 3.76 Å². The summed E-state index contributed by atoms with van der Waals surface area (Å²) in [5, 5.41) is 0. The monoisotopic (exact) mass is 233 g/mol. The molecular weight excluding hydrogens is 232 g/mol. The topological polar surface area (TPSA) is 54.4 Å². The summed E-state index contributed by atoms with van der Waals surface area (Å²) in [4.78, 5) is 0. The van der Waals surface area contributed by atoms with E-state index in [1.165, 1.54) is 0 Å². The van der Waals surface area contributed by atoms with Gasteiger partial charge in [0.2, 0.25) is 0 Å². The zero-order chi connectivity index (χ0) is 3.58. The molecule has 0 aromatic heterocycles. The summed E-state index contributed by atoms with van der Waals surface area (Å²) in [7, 11) is 0. The molecule has 0 amide bonds. The first kappa shape index (κ1) is 4.25. The van der Waals surface area contributed by atoms with Gasteiger partial charge in [-0.15, -0.1) is 0 Å². The predicted molar refractivity (Wildman–Crippen MR) is 3.59 cm³/mol. The molecule has 0 aromatic rings. The van der Waals surface area contributed by atoms with Crippen molar-refractivity contribution in [2.24, 2.45) is 0 Å². The van der Waals surface area contributed by atoms with Gasteiger partial charge in [0.1, 0.15) is 0 Å². The first-order valence-electron chi connectivity index (χ1n) is 0.516. The van der Waals surface area contributed by atoms with E-state index in [0.717, 1.165) is 0 Å². The standard InChI is InChI=1S/H2O.2O.W/h1H2;;;/q;;;+1/p-1. The van der Waals surface area contributed by atoms with Crippen molar-refractivity contribution in [3.63, 3.8) is 0 Å². The van der Waals surface area contributed by atoms with E-state index in [4.69, 9.17) is 10.6 Å². The average Bonchev–Trinajstić information content (AvgIpc) is 0.811. The molecule has 0 saturated heterocycles.